The fraction of sp³-hybridized carbons (Fsp3) is 0.417. The van der Waals surface area contributed by atoms with Crippen molar-refractivity contribution in [1.82, 2.24) is 4.90 Å². The van der Waals surface area contributed by atoms with Crippen molar-refractivity contribution in [1.29, 1.82) is 5.26 Å². The van der Waals surface area contributed by atoms with Crippen molar-refractivity contribution in [2.24, 2.45) is 5.41 Å². The molecule has 0 unspecified atom stereocenters. The van der Waals surface area contributed by atoms with Gasteiger partial charge in [-0.05, 0) is 19.9 Å². The molecule has 1 aromatic rings. The maximum atomic E-state index is 12.0. The minimum absolute atomic E-state index is 0.0790. The molecule has 2 amide bonds. The second-order valence-electron chi connectivity index (χ2n) is 4.71. The van der Waals surface area contributed by atoms with Crippen molar-refractivity contribution >= 4 is 11.8 Å². The second-order valence-corrected chi connectivity index (χ2v) is 4.71. The summed E-state index contributed by atoms with van der Waals surface area (Å²) >= 11 is 0. The largest absolute Gasteiger partial charge is 0.468 e. The summed E-state index contributed by atoms with van der Waals surface area (Å²) in [6.45, 7) is 3.49. The van der Waals surface area contributed by atoms with Crippen LogP contribution < -0.4 is 0 Å². The number of amides is 2. The predicted molar refractivity (Wildman–Crippen MR) is 57.8 cm³/mol. The molecule has 5 heteroatoms. The summed E-state index contributed by atoms with van der Waals surface area (Å²) in [5.41, 5.74) is -0.328. The van der Waals surface area contributed by atoms with Gasteiger partial charge in [0, 0.05) is 6.54 Å². The number of hydrogen-bond donors (Lipinski definition) is 0. The minimum atomic E-state index is -0.743. The summed E-state index contributed by atoms with van der Waals surface area (Å²) in [5, 5.41) is 8.93. The van der Waals surface area contributed by atoms with Crippen LogP contribution in [-0.4, -0.2) is 23.3 Å². The Hall–Kier alpha value is -2.09. The van der Waals surface area contributed by atoms with Crippen molar-refractivity contribution in [3.05, 3.63) is 23.7 Å². The van der Waals surface area contributed by atoms with E-state index in [2.05, 4.69) is 6.07 Å². The van der Waals surface area contributed by atoms with Gasteiger partial charge in [-0.1, -0.05) is 0 Å². The molecule has 2 rings (SSSR count). The van der Waals surface area contributed by atoms with Gasteiger partial charge in [0.1, 0.15) is 5.76 Å². The van der Waals surface area contributed by atoms with Crippen LogP contribution in [0.5, 0.6) is 0 Å². The lowest BCUT2D eigenvalue weighted by Gasteiger charge is -2.28. The summed E-state index contributed by atoms with van der Waals surface area (Å²) in [6, 6.07) is 3.63. The lowest BCUT2D eigenvalue weighted by Crippen LogP contribution is -2.46. The molecular weight excluding hydrogens is 220 g/mol. The van der Waals surface area contributed by atoms with Crippen molar-refractivity contribution in [3.8, 4) is 6.07 Å². The lowest BCUT2D eigenvalue weighted by atomic mass is 9.93. The van der Waals surface area contributed by atoms with Gasteiger partial charge < -0.3 is 4.42 Å². The van der Waals surface area contributed by atoms with Crippen LogP contribution in [-0.2, 0) is 11.2 Å². The summed E-state index contributed by atoms with van der Waals surface area (Å²) in [4.78, 5) is 24.9. The zero-order valence-electron chi connectivity index (χ0n) is 9.69. The monoisotopic (exact) mass is 232 g/mol. The van der Waals surface area contributed by atoms with Crippen molar-refractivity contribution < 1.29 is 14.0 Å². The highest BCUT2D eigenvalue weighted by Crippen LogP contribution is 2.24. The highest BCUT2D eigenvalue weighted by atomic mass is 16.3. The number of carbonyl (C=O) groups is 2. The fourth-order valence-corrected chi connectivity index (χ4v) is 1.75. The van der Waals surface area contributed by atoms with Gasteiger partial charge in [0.05, 0.1) is 29.7 Å². The molecule has 1 aliphatic rings. The Kier molecular flexibility index (Phi) is 2.50. The van der Waals surface area contributed by atoms with E-state index in [0.29, 0.717) is 11.3 Å². The third-order valence-corrected chi connectivity index (χ3v) is 2.69. The minimum Gasteiger partial charge on any atom is -0.468 e. The zero-order chi connectivity index (χ0) is 12.6. The standard InChI is InChI=1S/C12H12N2O3/c1-12(2,6-13)7-14-10(15)5-9-8(11(14)16)3-4-17-9/h3-4H,5,7H2,1-2H3. The Bertz CT molecular complexity index is 522. The molecule has 1 aliphatic heterocycles. The Morgan fingerprint density at radius 2 is 2.24 bits per heavy atom. The Morgan fingerprint density at radius 3 is 2.88 bits per heavy atom. The van der Waals surface area contributed by atoms with E-state index in [4.69, 9.17) is 9.68 Å². The first-order valence-corrected chi connectivity index (χ1v) is 5.27. The Morgan fingerprint density at radius 1 is 1.53 bits per heavy atom. The first-order valence-electron chi connectivity index (χ1n) is 5.27. The maximum Gasteiger partial charge on any atom is 0.264 e. The highest BCUT2D eigenvalue weighted by molar-refractivity contribution is 6.09. The average molecular weight is 232 g/mol. The van der Waals surface area contributed by atoms with Crippen molar-refractivity contribution in [2.75, 3.05) is 6.54 Å². The van der Waals surface area contributed by atoms with E-state index >= 15 is 0 Å². The van der Waals surface area contributed by atoms with Gasteiger partial charge in [0.15, 0.2) is 0 Å². The number of hydrogen-bond acceptors (Lipinski definition) is 4. The number of imide groups is 1. The molecule has 0 aliphatic carbocycles. The summed E-state index contributed by atoms with van der Waals surface area (Å²) in [6.07, 6.45) is 1.48. The van der Waals surface area contributed by atoms with Gasteiger partial charge in [-0.3, -0.25) is 14.5 Å². The fourth-order valence-electron chi connectivity index (χ4n) is 1.75. The number of rotatable bonds is 2. The number of carbonyl (C=O) groups excluding carboxylic acids is 2. The predicted octanol–water partition coefficient (Wildman–Crippen LogP) is 1.35. The molecule has 0 radical (unpaired) electrons. The molecule has 0 saturated heterocycles. The number of nitrogens with zero attached hydrogens (tertiary/aromatic N) is 2. The Balaban J connectivity index is 2.30. The van der Waals surface area contributed by atoms with Gasteiger partial charge in [0.25, 0.3) is 5.91 Å². The summed E-state index contributed by atoms with van der Waals surface area (Å²) in [7, 11) is 0. The van der Waals surface area contributed by atoms with Gasteiger partial charge in [0.2, 0.25) is 5.91 Å². The van der Waals surface area contributed by atoms with E-state index < -0.39 is 5.41 Å². The zero-order valence-corrected chi connectivity index (χ0v) is 9.69. The van der Waals surface area contributed by atoms with Crippen molar-refractivity contribution in [3.63, 3.8) is 0 Å². The van der Waals surface area contributed by atoms with Crippen LogP contribution in [0.2, 0.25) is 0 Å². The van der Waals surface area contributed by atoms with E-state index in [1.54, 1.807) is 19.9 Å². The van der Waals surface area contributed by atoms with Crippen molar-refractivity contribution in [2.45, 2.75) is 20.3 Å². The molecule has 0 fully saturated rings. The van der Waals surface area contributed by atoms with Crippen LogP contribution in [0, 0.1) is 16.7 Å². The van der Waals surface area contributed by atoms with Crippen LogP contribution in [0.1, 0.15) is 30.0 Å². The van der Waals surface area contributed by atoms with E-state index in [-0.39, 0.29) is 24.8 Å². The lowest BCUT2D eigenvalue weighted by molar-refractivity contribution is -0.129. The van der Waals surface area contributed by atoms with Crippen LogP contribution in [0.3, 0.4) is 0 Å². The normalized spacial score (nSPS) is 15.7. The average Bonchev–Trinajstić information content (AvgIpc) is 2.72. The maximum absolute atomic E-state index is 12.0. The molecule has 0 spiro atoms. The molecule has 5 nitrogen and oxygen atoms in total. The second kappa shape index (κ2) is 3.74. The smallest absolute Gasteiger partial charge is 0.264 e. The third-order valence-electron chi connectivity index (χ3n) is 2.69. The van der Waals surface area contributed by atoms with Gasteiger partial charge in [-0.25, -0.2) is 0 Å². The molecule has 0 aromatic carbocycles. The molecule has 0 N–H and O–H groups in total. The first-order chi connectivity index (χ1) is 7.94. The molecule has 88 valence electrons. The molecule has 1 aromatic heterocycles. The quantitative estimate of drug-likeness (QED) is 0.721. The molecule has 0 bridgehead atoms. The molecule has 2 heterocycles. The van der Waals surface area contributed by atoms with Gasteiger partial charge >= 0.3 is 0 Å². The van der Waals surface area contributed by atoms with E-state index in [1.807, 2.05) is 0 Å². The molecule has 17 heavy (non-hydrogen) atoms. The van der Waals surface area contributed by atoms with Gasteiger partial charge in [-0.2, -0.15) is 5.26 Å². The third kappa shape index (κ3) is 1.94. The topological polar surface area (TPSA) is 74.3 Å². The summed E-state index contributed by atoms with van der Waals surface area (Å²) in [5.74, 6) is -0.292. The number of fused-ring (bicyclic) bond motifs is 1. The van der Waals surface area contributed by atoms with E-state index in [9.17, 15) is 9.59 Å². The van der Waals surface area contributed by atoms with E-state index in [0.717, 1.165) is 4.90 Å². The van der Waals surface area contributed by atoms with Crippen LogP contribution in [0.4, 0.5) is 0 Å². The summed E-state index contributed by atoms with van der Waals surface area (Å²) < 4.78 is 5.07. The van der Waals surface area contributed by atoms with Gasteiger partial charge in [-0.15, -0.1) is 0 Å². The number of furan rings is 1. The van der Waals surface area contributed by atoms with E-state index in [1.165, 1.54) is 6.26 Å². The SMILES string of the molecule is CC(C)(C#N)CN1C(=O)Cc2occc2C1=O. The van der Waals surface area contributed by atoms with Crippen LogP contribution in [0.25, 0.3) is 0 Å². The molecule has 0 saturated carbocycles. The molecule has 0 atom stereocenters. The first kappa shape index (κ1) is 11.4. The molecular formula is C12H12N2O3. The number of nitriles is 1. The highest BCUT2D eigenvalue weighted by Gasteiger charge is 2.36. The van der Waals surface area contributed by atoms with Crippen LogP contribution >= 0.6 is 0 Å². The van der Waals surface area contributed by atoms with Crippen LogP contribution in [0.15, 0.2) is 16.7 Å². The Labute approximate surface area is 98.6 Å².